The number of carbonyl (C=O) groups is 2. The number of amides is 1. The summed E-state index contributed by atoms with van der Waals surface area (Å²) in [7, 11) is 1.25. The molecule has 0 spiro atoms. The zero-order valence-corrected chi connectivity index (χ0v) is 13.6. The lowest BCUT2D eigenvalue weighted by molar-refractivity contribution is 0.0592. The number of rotatable bonds is 4. The fourth-order valence-corrected chi connectivity index (χ4v) is 2.37. The molecule has 8 heteroatoms. The van der Waals surface area contributed by atoms with Gasteiger partial charge in [-0.2, -0.15) is 0 Å². The highest BCUT2D eigenvalue weighted by atomic mass is 19.1. The van der Waals surface area contributed by atoms with Crippen molar-refractivity contribution in [2.45, 2.75) is 13.5 Å². The summed E-state index contributed by atoms with van der Waals surface area (Å²) in [6.45, 7) is 1.85. The molecule has 0 saturated heterocycles. The first-order valence-corrected chi connectivity index (χ1v) is 7.45. The number of aromatic nitrogens is 3. The van der Waals surface area contributed by atoms with Crippen LogP contribution in [0.4, 0.5) is 4.39 Å². The average Bonchev–Trinajstić information content (AvgIpc) is 3.09. The van der Waals surface area contributed by atoms with Gasteiger partial charge in [-0.05, 0) is 24.1 Å². The van der Waals surface area contributed by atoms with Crippen molar-refractivity contribution in [2.24, 2.45) is 0 Å². The van der Waals surface area contributed by atoms with Crippen LogP contribution >= 0.6 is 0 Å². The van der Waals surface area contributed by atoms with Gasteiger partial charge in [-0.3, -0.25) is 9.20 Å². The maximum absolute atomic E-state index is 13.3. The molecule has 2 heterocycles. The zero-order valence-electron chi connectivity index (χ0n) is 13.6. The fourth-order valence-electron chi connectivity index (χ4n) is 2.37. The highest BCUT2D eigenvalue weighted by Crippen LogP contribution is 2.11. The Morgan fingerprint density at radius 2 is 2.12 bits per heavy atom. The minimum atomic E-state index is -0.603. The van der Waals surface area contributed by atoms with E-state index in [2.05, 4.69) is 15.3 Å². The van der Waals surface area contributed by atoms with E-state index in [1.165, 1.54) is 29.8 Å². The number of esters is 1. The molecule has 0 atom stereocenters. The number of benzene rings is 1. The molecule has 0 bridgehead atoms. The summed E-state index contributed by atoms with van der Waals surface area (Å²) < 4.78 is 19.4. The quantitative estimate of drug-likeness (QED) is 0.732. The summed E-state index contributed by atoms with van der Waals surface area (Å²) in [5.74, 6) is -1.17. The van der Waals surface area contributed by atoms with Crippen LogP contribution in [0.25, 0.3) is 5.78 Å². The van der Waals surface area contributed by atoms with Gasteiger partial charge in [0.05, 0.1) is 7.11 Å². The van der Waals surface area contributed by atoms with Gasteiger partial charge >= 0.3 is 5.97 Å². The number of hydrogen-bond donors (Lipinski definition) is 1. The predicted molar refractivity (Wildman–Crippen MR) is 86.6 cm³/mol. The van der Waals surface area contributed by atoms with Crippen LogP contribution in [0, 0.1) is 12.7 Å². The fraction of sp³-hybridized carbons (Fsp3) is 0.176. The van der Waals surface area contributed by atoms with E-state index >= 15 is 0 Å². The van der Waals surface area contributed by atoms with E-state index in [4.69, 9.17) is 4.74 Å². The summed E-state index contributed by atoms with van der Waals surface area (Å²) in [6.07, 6.45) is 3.02. The Morgan fingerprint density at radius 1 is 1.32 bits per heavy atom. The number of nitrogens with one attached hydrogen (secondary N) is 1. The van der Waals surface area contributed by atoms with Gasteiger partial charge in [0.1, 0.15) is 17.2 Å². The van der Waals surface area contributed by atoms with Crippen molar-refractivity contribution in [3.05, 3.63) is 65.0 Å². The summed E-state index contributed by atoms with van der Waals surface area (Å²) in [5.41, 5.74) is 1.43. The Bertz CT molecular complexity index is 968. The van der Waals surface area contributed by atoms with Crippen LogP contribution in [0.2, 0.25) is 0 Å². The topological polar surface area (TPSA) is 85.6 Å². The van der Waals surface area contributed by atoms with Crippen LogP contribution in [-0.2, 0) is 11.3 Å². The van der Waals surface area contributed by atoms with Crippen molar-refractivity contribution >= 4 is 17.7 Å². The van der Waals surface area contributed by atoms with E-state index in [0.717, 1.165) is 5.56 Å². The smallest absolute Gasteiger partial charge is 0.355 e. The number of fused-ring (bicyclic) bond motifs is 1. The normalized spacial score (nSPS) is 10.7. The Balaban J connectivity index is 1.84. The zero-order chi connectivity index (χ0) is 18.0. The molecule has 1 amide bonds. The molecule has 0 radical (unpaired) electrons. The molecule has 0 saturated carbocycles. The van der Waals surface area contributed by atoms with Crippen LogP contribution < -0.4 is 5.32 Å². The van der Waals surface area contributed by atoms with Crippen molar-refractivity contribution in [3.63, 3.8) is 0 Å². The Hall–Kier alpha value is -3.29. The van der Waals surface area contributed by atoms with Crippen molar-refractivity contribution in [1.29, 1.82) is 0 Å². The van der Waals surface area contributed by atoms with E-state index in [-0.39, 0.29) is 29.5 Å². The second kappa shape index (κ2) is 6.68. The van der Waals surface area contributed by atoms with Gasteiger partial charge in [-0.25, -0.2) is 19.2 Å². The molecule has 0 fully saturated rings. The van der Waals surface area contributed by atoms with Gasteiger partial charge in [0.2, 0.25) is 5.78 Å². The first kappa shape index (κ1) is 16.6. The molecular weight excluding hydrogens is 327 g/mol. The minimum Gasteiger partial charge on any atom is -0.464 e. The number of nitrogens with zero attached hydrogens (tertiary/aromatic N) is 3. The monoisotopic (exact) mass is 342 g/mol. The molecule has 128 valence electrons. The molecular formula is C17H15FN4O3. The molecule has 1 N–H and O–H groups in total. The molecule has 3 aromatic rings. The van der Waals surface area contributed by atoms with E-state index in [9.17, 15) is 14.0 Å². The molecule has 0 aliphatic heterocycles. The van der Waals surface area contributed by atoms with Gasteiger partial charge in [-0.1, -0.05) is 12.1 Å². The van der Waals surface area contributed by atoms with Gasteiger partial charge in [0.25, 0.3) is 5.91 Å². The van der Waals surface area contributed by atoms with E-state index in [1.807, 2.05) is 0 Å². The number of imidazole rings is 1. The lowest BCUT2D eigenvalue weighted by Gasteiger charge is -2.08. The molecule has 7 nitrogen and oxygen atoms in total. The first-order valence-electron chi connectivity index (χ1n) is 7.45. The van der Waals surface area contributed by atoms with Crippen LogP contribution in [0.15, 0.2) is 36.7 Å². The predicted octanol–water partition coefficient (Wildman–Crippen LogP) is 1.89. The third kappa shape index (κ3) is 3.32. The molecule has 3 rings (SSSR count). The molecule has 25 heavy (non-hydrogen) atoms. The Labute approximate surface area is 142 Å². The summed E-state index contributed by atoms with van der Waals surface area (Å²) >= 11 is 0. The summed E-state index contributed by atoms with van der Waals surface area (Å²) in [6, 6.07) is 5.93. The molecule has 1 aromatic carbocycles. The maximum Gasteiger partial charge on any atom is 0.355 e. The van der Waals surface area contributed by atoms with Gasteiger partial charge < -0.3 is 10.1 Å². The number of ether oxygens (including phenoxy) is 1. The highest BCUT2D eigenvalue weighted by molar-refractivity contribution is 5.96. The van der Waals surface area contributed by atoms with Crippen molar-refractivity contribution < 1.29 is 18.7 Å². The molecule has 2 aromatic heterocycles. The van der Waals surface area contributed by atoms with Crippen molar-refractivity contribution in [3.8, 4) is 0 Å². The molecule has 0 aliphatic carbocycles. The third-order valence-corrected chi connectivity index (χ3v) is 3.68. The van der Waals surface area contributed by atoms with Gasteiger partial charge in [0, 0.05) is 25.0 Å². The third-order valence-electron chi connectivity index (χ3n) is 3.68. The Kier molecular flexibility index (Phi) is 4.42. The van der Waals surface area contributed by atoms with E-state index in [0.29, 0.717) is 5.56 Å². The summed E-state index contributed by atoms with van der Waals surface area (Å²) in [4.78, 5) is 32.4. The van der Waals surface area contributed by atoms with Crippen molar-refractivity contribution in [1.82, 2.24) is 19.7 Å². The lowest BCUT2D eigenvalue weighted by Crippen LogP contribution is -2.25. The molecule has 0 aliphatic rings. The number of carbonyl (C=O) groups excluding carboxylic acids is 2. The van der Waals surface area contributed by atoms with Crippen molar-refractivity contribution in [2.75, 3.05) is 7.11 Å². The molecule has 0 unspecified atom stereocenters. The van der Waals surface area contributed by atoms with E-state index < -0.39 is 11.9 Å². The van der Waals surface area contributed by atoms with Gasteiger partial charge in [0.15, 0.2) is 0 Å². The first-order chi connectivity index (χ1) is 12.0. The maximum atomic E-state index is 13.3. The van der Waals surface area contributed by atoms with Crippen LogP contribution in [0.1, 0.15) is 32.1 Å². The van der Waals surface area contributed by atoms with Crippen LogP contribution in [0.5, 0.6) is 0 Å². The van der Waals surface area contributed by atoms with Crippen LogP contribution in [-0.4, -0.2) is 33.4 Å². The van der Waals surface area contributed by atoms with E-state index in [1.54, 1.807) is 25.3 Å². The lowest BCUT2D eigenvalue weighted by atomic mass is 10.1. The second-order valence-corrected chi connectivity index (χ2v) is 5.38. The standard InChI is InChI=1S/C17H15FN4O3/c1-10-7-11(3-4-12(10)18)9-20-15(23)13-8-14(16(24)25-2)22-6-5-19-17(22)21-13/h3-8H,9H2,1-2H3,(H,20,23). The second-order valence-electron chi connectivity index (χ2n) is 5.38. The Morgan fingerprint density at radius 3 is 2.84 bits per heavy atom. The summed E-state index contributed by atoms with van der Waals surface area (Å²) in [5, 5.41) is 2.69. The number of aryl methyl sites for hydroxylation is 1. The number of hydrogen-bond acceptors (Lipinski definition) is 5. The highest BCUT2D eigenvalue weighted by Gasteiger charge is 2.17. The number of methoxy groups -OCH3 is 1. The van der Waals surface area contributed by atoms with Crippen LogP contribution in [0.3, 0.4) is 0 Å². The largest absolute Gasteiger partial charge is 0.464 e. The number of halogens is 1. The van der Waals surface area contributed by atoms with Gasteiger partial charge in [-0.15, -0.1) is 0 Å². The minimum absolute atomic E-state index is 0.0398. The SMILES string of the molecule is COC(=O)c1cc(C(=O)NCc2ccc(F)c(C)c2)nc2nccn12. The average molecular weight is 342 g/mol.